The van der Waals surface area contributed by atoms with Crippen LogP contribution in [0.5, 0.6) is 0 Å². The van der Waals surface area contributed by atoms with Crippen molar-refractivity contribution >= 4 is 16.9 Å². The van der Waals surface area contributed by atoms with Crippen LogP contribution < -0.4 is 10.8 Å². The lowest BCUT2D eigenvalue weighted by molar-refractivity contribution is -0.307. The molecule has 0 amide bonds. The Hall–Kier alpha value is -2.07. The molecule has 0 unspecified atom stereocenters. The Morgan fingerprint density at radius 2 is 2.15 bits per heavy atom. The molecule has 1 atom stereocenters. The zero-order valence-electron chi connectivity index (χ0n) is 11.8. The predicted octanol–water partition coefficient (Wildman–Crippen LogP) is 1.25. The molecule has 0 aliphatic carbocycles. The van der Waals surface area contributed by atoms with Crippen LogP contribution in [0.25, 0.3) is 10.9 Å². The van der Waals surface area contributed by atoms with Crippen molar-refractivity contribution in [1.29, 1.82) is 0 Å². The first kappa shape index (κ1) is 14.3. The van der Waals surface area contributed by atoms with Gasteiger partial charge in [-0.1, -0.05) is 38.1 Å². The molecule has 0 saturated heterocycles. The van der Waals surface area contributed by atoms with E-state index in [2.05, 4.69) is 11.6 Å². The third-order valence-corrected chi connectivity index (χ3v) is 3.70. The van der Waals surface area contributed by atoms with Gasteiger partial charge >= 0.3 is 0 Å². The lowest BCUT2D eigenvalue weighted by Crippen LogP contribution is -2.43. The SMILES string of the molecule is C=CC(C)(C)c1[nH]c2ccccc2c1C[C@H](N)C(=O)[O-]. The fourth-order valence-electron chi connectivity index (χ4n) is 2.37. The number of carbonyl (C=O) groups is 1. The van der Waals surface area contributed by atoms with E-state index in [0.29, 0.717) is 0 Å². The number of H-pyrrole nitrogens is 1. The molecular formula is C16H19N2O2-. The highest BCUT2D eigenvalue weighted by molar-refractivity contribution is 5.86. The van der Waals surface area contributed by atoms with Gasteiger partial charge in [-0.25, -0.2) is 0 Å². The molecule has 0 fully saturated rings. The maximum atomic E-state index is 10.9. The van der Waals surface area contributed by atoms with Crippen LogP contribution in [0.3, 0.4) is 0 Å². The summed E-state index contributed by atoms with van der Waals surface area (Å²) in [5.41, 5.74) is 8.20. The fourth-order valence-corrected chi connectivity index (χ4v) is 2.37. The monoisotopic (exact) mass is 271 g/mol. The Morgan fingerprint density at radius 1 is 1.50 bits per heavy atom. The zero-order valence-corrected chi connectivity index (χ0v) is 11.8. The summed E-state index contributed by atoms with van der Waals surface area (Å²) in [5, 5.41) is 11.9. The molecule has 106 valence electrons. The number of nitrogens with one attached hydrogen (secondary N) is 1. The van der Waals surface area contributed by atoms with Gasteiger partial charge in [-0.2, -0.15) is 0 Å². The van der Waals surface area contributed by atoms with Crippen LogP contribution in [0.1, 0.15) is 25.1 Å². The van der Waals surface area contributed by atoms with Crippen LogP contribution in [-0.2, 0) is 16.6 Å². The van der Waals surface area contributed by atoms with E-state index in [0.717, 1.165) is 22.2 Å². The Bertz CT molecular complexity index is 656. The van der Waals surface area contributed by atoms with Gasteiger partial charge in [0.25, 0.3) is 0 Å². The molecular weight excluding hydrogens is 252 g/mol. The standard InChI is InChI=1S/C16H20N2O2/c1-4-16(2,3)14-11(9-12(17)15(19)20)10-7-5-6-8-13(10)18-14/h4-8,12,18H,1,9,17H2,2-3H3,(H,19,20)/p-1/t12-/m0/s1. The molecule has 1 heterocycles. The highest BCUT2D eigenvalue weighted by Crippen LogP contribution is 2.33. The Balaban J connectivity index is 2.62. The van der Waals surface area contributed by atoms with E-state index in [4.69, 9.17) is 5.73 Å². The summed E-state index contributed by atoms with van der Waals surface area (Å²) in [4.78, 5) is 14.3. The van der Waals surface area contributed by atoms with Crippen molar-refractivity contribution in [2.45, 2.75) is 31.7 Å². The average Bonchev–Trinajstić information content (AvgIpc) is 2.78. The summed E-state index contributed by atoms with van der Waals surface area (Å²) in [6.45, 7) is 7.91. The number of aromatic amines is 1. The van der Waals surface area contributed by atoms with Gasteiger partial charge in [-0.15, -0.1) is 6.58 Å². The van der Waals surface area contributed by atoms with Gasteiger partial charge in [0.2, 0.25) is 0 Å². The normalized spacial score (nSPS) is 13.3. The number of carbonyl (C=O) groups excluding carboxylic acids is 1. The smallest absolute Gasteiger partial charge is 0.0585 e. The van der Waals surface area contributed by atoms with Crippen molar-refractivity contribution in [2.75, 3.05) is 0 Å². The van der Waals surface area contributed by atoms with Crippen LogP contribution in [0.15, 0.2) is 36.9 Å². The zero-order chi connectivity index (χ0) is 14.9. The number of allylic oxidation sites excluding steroid dienone is 1. The van der Waals surface area contributed by atoms with Gasteiger partial charge in [0.15, 0.2) is 0 Å². The van der Waals surface area contributed by atoms with E-state index in [9.17, 15) is 9.90 Å². The number of aliphatic carboxylic acids is 1. The second-order valence-electron chi connectivity index (χ2n) is 5.58. The lowest BCUT2D eigenvalue weighted by atomic mass is 9.85. The summed E-state index contributed by atoms with van der Waals surface area (Å²) < 4.78 is 0. The largest absolute Gasteiger partial charge is 0.548 e. The average molecular weight is 271 g/mol. The minimum atomic E-state index is -1.24. The van der Waals surface area contributed by atoms with E-state index in [1.54, 1.807) is 0 Å². The highest BCUT2D eigenvalue weighted by Gasteiger charge is 2.25. The number of para-hydroxylation sites is 1. The van der Waals surface area contributed by atoms with Crippen molar-refractivity contribution in [3.8, 4) is 0 Å². The van der Waals surface area contributed by atoms with Gasteiger partial charge in [0, 0.05) is 28.1 Å². The number of carboxylic acids is 1. The van der Waals surface area contributed by atoms with E-state index in [1.165, 1.54) is 0 Å². The Labute approximate surface area is 118 Å². The number of benzene rings is 1. The van der Waals surface area contributed by atoms with Gasteiger partial charge in [0.1, 0.15) is 0 Å². The number of nitrogens with two attached hydrogens (primary N) is 1. The Morgan fingerprint density at radius 3 is 2.75 bits per heavy atom. The van der Waals surface area contributed by atoms with Gasteiger partial charge in [0.05, 0.1) is 5.97 Å². The molecule has 0 radical (unpaired) electrons. The third kappa shape index (κ3) is 2.47. The summed E-state index contributed by atoms with van der Waals surface area (Å²) >= 11 is 0. The van der Waals surface area contributed by atoms with Crippen molar-refractivity contribution in [1.82, 2.24) is 4.98 Å². The number of hydrogen-bond donors (Lipinski definition) is 2. The van der Waals surface area contributed by atoms with Crippen LogP contribution in [0, 0.1) is 0 Å². The summed E-state index contributed by atoms with van der Waals surface area (Å²) in [6, 6.07) is 6.77. The molecule has 0 bridgehead atoms. The number of aromatic nitrogens is 1. The molecule has 2 aromatic rings. The van der Waals surface area contributed by atoms with Gasteiger partial charge < -0.3 is 20.6 Å². The second-order valence-corrected chi connectivity index (χ2v) is 5.58. The maximum absolute atomic E-state index is 10.9. The summed E-state index contributed by atoms with van der Waals surface area (Å²) in [6.07, 6.45) is 2.07. The molecule has 4 heteroatoms. The predicted molar refractivity (Wildman–Crippen MR) is 78.2 cm³/mol. The van der Waals surface area contributed by atoms with Crippen LogP contribution in [0.2, 0.25) is 0 Å². The minimum Gasteiger partial charge on any atom is -0.548 e. The maximum Gasteiger partial charge on any atom is 0.0585 e. The molecule has 0 aliphatic rings. The molecule has 2 rings (SSSR count). The first-order valence-corrected chi connectivity index (χ1v) is 6.57. The first-order valence-electron chi connectivity index (χ1n) is 6.57. The molecule has 0 saturated carbocycles. The molecule has 0 spiro atoms. The third-order valence-electron chi connectivity index (χ3n) is 3.70. The van der Waals surface area contributed by atoms with Crippen LogP contribution in [0.4, 0.5) is 0 Å². The minimum absolute atomic E-state index is 0.235. The number of rotatable bonds is 5. The molecule has 1 aromatic heterocycles. The quantitative estimate of drug-likeness (QED) is 0.803. The second kappa shape index (κ2) is 5.13. The highest BCUT2D eigenvalue weighted by atomic mass is 16.4. The van der Waals surface area contributed by atoms with E-state index < -0.39 is 12.0 Å². The van der Waals surface area contributed by atoms with Crippen molar-refractivity contribution in [3.63, 3.8) is 0 Å². The first-order chi connectivity index (χ1) is 9.36. The van der Waals surface area contributed by atoms with E-state index >= 15 is 0 Å². The van der Waals surface area contributed by atoms with Crippen molar-refractivity contribution < 1.29 is 9.90 Å². The summed E-state index contributed by atoms with van der Waals surface area (Å²) in [5.74, 6) is -1.24. The van der Waals surface area contributed by atoms with Gasteiger partial charge in [-0.05, 0) is 18.1 Å². The molecule has 0 aliphatic heterocycles. The van der Waals surface area contributed by atoms with Crippen LogP contribution in [-0.4, -0.2) is 17.0 Å². The fraction of sp³-hybridized carbons (Fsp3) is 0.312. The molecule has 1 aromatic carbocycles. The number of carboxylic acid groups (broad SMARTS) is 1. The lowest BCUT2D eigenvalue weighted by Gasteiger charge is -2.22. The van der Waals surface area contributed by atoms with Crippen molar-refractivity contribution in [3.05, 3.63) is 48.2 Å². The molecule has 3 N–H and O–H groups in total. The Kier molecular flexibility index (Phi) is 3.68. The molecule has 20 heavy (non-hydrogen) atoms. The van der Waals surface area contributed by atoms with E-state index in [1.807, 2.05) is 44.2 Å². The van der Waals surface area contributed by atoms with E-state index in [-0.39, 0.29) is 11.8 Å². The van der Waals surface area contributed by atoms with Gasteiger partial charge in [-0.3, -0.25) is 0 Å². The molecule has 4 nitrogen and oxygen atoms in total. The summed E-state index contributed by atoms with van der Waals surface area (Å²) in [7, 11) is 0. The number of hydrogen-bond acceptors (Lipinski definition) is 3. The van der Waals surface area contributed by atoms with Crippen LogP contribution >= 0.6 is 0 Å². The van der Waals surface area contributed by atoms with Crippen molar-refractivity contribution in [2.24, 2.45) is 5.73 Å². The number of fused-ring (bicyclic) bond motifs is 1. The topological polar surface area (TPSA) is 81.9 Å².